The minimum atomic E-state index is 0.0379. The van der Waals surface area contributed by atoms with E-state index in [0.717, 1.165) is 12.8 Å². The highest BCUT2D eigenvalue weighted by Gasteiger charge is 2.17. The van der Waals surface area contributed by atoms with E-state index in [1.165, 1.54) is 109 Å². The predicted molar refractivity (Wildman–Crippen MR) is 128 cm³/mol. The molecule has 0 radical (unpaired) electrons. The summed E-state index contributed by atoms with van der Waals surface area (Å²) < 4.78 is 5.76. The van der Waals surface area contributed by atoms with Crippen molar-refractivity contribution >= 4 is 5.97 Å². The SMILES string of the molecule is CCCCCCCCCCC(CCCCCC)COC(=O)C(C)CCCCCC. The lowest BCUT2D eigenvalue weighted by molar-refractivity contribution is -0.149. The van der Waals surface area contributed by atoms with Gasteiger partial charge in [0.2, 0.25) is 0 Å². The van der Waals surface area contributed by atoms with Crippen LogP contribution in [-0.4, -0.2) is 12.6 Å². The largest absolute Gasteiger partial charge is 0.465 e. The van der Waals surface area contributed by atoms with Crippen LogP contribution in [0.1, 0.15) is 150 Å². The van der Waals surface area contributed by atoms with Gasteiger partial charge >= 0.3 is 5.97 Å². The number of hydrogen-bond donors (Lipinski definition) is 0. The van der Waals surface area contributed by atoms with Gasteiger partial charge in [-0.05, 0) is 25.2 Å². The number of carbonyl (C=O) groups is 1. The molecule has 0 saturated heterocycles. The van der Waals surface area contributed by atoms with E-state index in [-0.39, 0.29) is 11.9 Å². The van der Waals surface area contributed by atoms with Crippen LogP contribution in [0.2, 0.25) is 0 Å². The summed E-state index contributed by atoms with van der Waals surface area (Å²) in [6.45, 7) is 9.47. The highest BCUT2D eigenvalue weighted by atomic mass is 16.5. The number of rotatable bonds is 22. The third-order valence-electron chi connectivity index (χ3n) is 6.29. The summed E-state index contributed by atoms with van der Waals surface area (Å²) in [6.07, 6.45) is 24.6. The van der Waals surface area contributed by atoms with Crippen molar-refractivity contribution in [2.24, 2.45) is 11.8 Å². The molecular weight excluding hydrogens is 356 g/mol. The molecule has 29 heavy (non-hydrogen) atoms. The maximum atomic E-state index is 12.4. The van der Waals surface area contributed by atoms with Crippen molar-refractivity contribution in [3.63, 3.8) is 0 Å². The van der Waals surface area contributed by atoms with E-state index < -0.39 is 0 Å². The lowest BCUT2D eigenvalue weighted by Crippen LogP contribution is -2.20. The smallest absolute Gasteiger partial charge is 0.308 e. The summed E-state index contributed by atoms with van der Waals surface area (Å²) in [6, 6.07) is 0. The molecule has 0 aliphatic heterocycles. The Morgan fingerprint density at radius 2 is 0.966 bits per heavy atom. The lowest BCUT2D eigenvalue weighted by Gasteiger charge is -2.19. The summed E-state index contributed by atoms with van der Waals surface area (Å²) in [5.41, 5.74) is 0. The first-order valence-corrected chi connectivity index (χ1v) is 13.3. The van der Waals surface area contributed by atoms with E-state index in [1.54, 1.807) is 0 Å². The van der Waals surface area contributed by atoms with Crippen molar-refractivity contribution < 1.29 is 9.53 Å². The predicted octanol–water partition coefficient (Wildman–Crippen LogP) is 9.25. The van der Waals surface area contributed by atoms with Gasteiger partial charge in [-0.3, -0.25) is 4.79 Å². The minimum Gasteiger partial charge on any atom is -0.465 e. The zero-order valence-electron chi connectivity index (χ0n) is 20.6. The van der Waals surface area contributed by atoms with E-state index in [2.05, 4.69) is 20.8 Å². The van der Waals surface area contributed by atoms with E-state index in [0.29, 0.717) is 12.5 Å². The zero-order valence-corrected chi connectivity index (χ0v) is 20.6. The second-order valence-corrected chi connectivity index (χ2v) is 9.36. The molecule has 2 nitrogen and oxygen atoms in total. The maximum Gasteiger partial charge on any atom is 0.308 e. The summed E-state index contributed by atoms with van der Waals surface area (Å²) >= 11 is 0. The molecule has 0 spiro atoms. The number of hydrogen-bond acceptors (Lipinski definition) is 2. The van der Waals surface area contributed by atoms with Crippen LogP contribution in [0, 0.1) is 11.8 Å². The first-order chi connectivity index (χ1) is 14.2. The van der Waals surface area contributed by atoms with Crippen LogP contribution in [-0.2, 0) is 9.53 Å². The van der Waals surface area contributed by atoms with Gasteiger partial charge in [0, 0.05) is 0 Å². The minimum absolute atomic E-state index is 0.0379. The Morgan fingerprint density at radius 3 is 1.45 bits per heavy atom. The molecule has 0 bridgehead atoms. The Bertz CT molecular complexity index is 339. The molecule has 0 saturated carbocycles. The highest BCUT2D eigenvalue weighted by Crippen LogP contribution is 2.21. The second-order valence-electron chi connectivity index (χ2n) is 9.36. The van der Waals surface area contributed by atoms with Crippen molar-refractivity contribution in [3.05, 3.63) is 0 Å². The topological polar surface area (TPSA) is 26.3 Å². The van der Waals surface area contributed by atoms with Crippen molar-refractivity contribution in [2.75, 3.05) is 6.61 Å². The molecule has 2 heteroatoms. The Kier molecular flexibility index (Phi) is 21.8. The van der Waals surface area contributed by atoms with Crippen molar-refractivity contribution in [1.82, 2.24) is 0 Å². The van der Waals surface area contributed by atoms with Gasteiger partial charge < -0.3 is 4.74 Å². The lowest BCUT2D eigenvalue weighted by atomic mass is 9.95. The first-order valence-electron chi connectivity index (χ1n) is 13.3. The molecule has 0 amide bonds. The van der Waals surface area contributed by atoms with Crippen LogP contribution in [0.4, 0.5) is 0 Å². The molecule has 0 rings (SSSR count). The van der Waals surface area contributed by atoms with Gasteiger partial charge in [0.1, 0.15) is 0 Å². The molecule has 0 aromatic heterocycles. The maximum absolute atomic E-state index is 12.4. The third kappa shape index (κ3) is 19.2. The zero-order chi connectivity index (χ0) is 21.6. The van der Waals surface area contributed by atoms with Crippen LogP contribution < -0.4 is 0 Å². The summed E-state index contributed by atoms with van der Waals surface area (Å²) in [5.74, 6) is 0.676. The van der Waals surface area contributed by atoms with Crippen LogP contribution >= 0.6 is 0 Å². The summed E-state index contributed by atoms with van der Waals surface area (Å²) in [7, 11) is 0. The van der Waals surface area contributed by atoms with Crippen LogP contribution in [0.25, 0.3) is 0 Å². The van der Waals surface area contributed by atoms with Crippen LogP contribution in [0.5, 0.6) is 0 Å². The third-order valence-corrected chi connectivity index (χ3v) is 6.29. The fraction of sp³-hybridized carbons (Fsp3) is 0.963. The molecule has 0 aromatic rings. The Balaban J connectivity index is 4.06. The monoisotopic (exact) mass is 410 g/mol. The molecule has 2 unspecified atom stereocenters. The van der Waals surface area contributed by atoms with Gasteiger partial charge in [0.25, 0.3) is 0 Å². The Morgan fingerprint density at radius 1 is 0.586 bits per heavy atom. The molecular formula is C27H54O2. The average molecular weight is 411 g/mol. The van der Waals surface area contributed by atoms with Crippen molar-refractivity contribution in [3.8, 4) is 0 Å². The molecule has 0 aliphatic carbocycles. The van der Waals surface area contributed by atoms with Gasteiger partial charge in [0.05, 0.1) is 12.5 Å². The number of carbonyl (C=O) groups excluding carboxylic acids is 1. The summed E-state index contributed by atoms with van der Waals surface area (Å²) in [5, 5.41) is 0. The van der Waals surface area contributed by atoms with E-state index >= 15 is 0 Å². The molecule has 0 heterocycles. The standard InChI is InChI=1S/C27H54O2/c1-5-8-11-14-15-16-17-20-23-26(22-19-13-10-7-3)24-29-27(28)25(4)21-18-12-9-6-2/h25-26H,5-24H2,1-4H3. The van der Waals surface area contributed by atoms with Gasteiger partial charge in [-0.25, -0.2) is 0 Å². The van der Waals surface area contributed by atoms with Gasteiger partial charge in [-0.1, -0.05) is 130 Å². The fourth-order valence-electron chi connectivity index (χ4n) is 4.08. The van der Waals surface area contributed by atoms with E-state index in [1.807, 2.05) is 6.92 Å². The molecule has 0 aliphatic rings. The average Bonchev–Trinajstić information content (AvgIpc) is 2.73. The van der Waals surface area contributed by atoms with Gasteiger partial charge in [-0.2, -0.15) is 0 Å². The number of esters is 1. The molecule has 0 aromatic carbocycles. The van der Waals surface area contributed by atoms with Gasteiger partial charge in [-0.15, -0.1) is 0 Å². The number of unbranched alkanes of at least 4 members (excludes halogenated alkanes) is 13. The second kappa shape index (κ2) is 22.2. The first kappa shape index (κ1) is 28.5. The molecule has 2 atom stereocenters. The van der Waals surface area contributed by atoms with Crippen molar-refractivity contribution in [2.45, 2.75) is 150 Å². The van der Waals surface area contributed by atoms with Crippen LogP contribution in [0.15, 0.2) is 0 Å². The van der Waals surface area contributed by atoms with E-state index in [9.17, 15) is 4.79 Å². The Hall–Kier alpha value is -0.530. The quantitative estimate of drug-likeness (QED) is 0.131. The molecule has 174 valence electrons. The fourth-order valence-corrected chi connectivity index (χ4v) is 4.08. The highest BCUT2D eigenvalue weighted by molar-refractivity contribution is 5.71. The Labute approximate surface area is 184 Å². The molecule has 0 N–H and O–H groups in total. The normalized spacial score (nSPS) is 13.4. The van der Waals surface area contributed by atoms with Crippen LogP contribution in [0.3, 0.4) is 0 Å². The molecule has 0 fully saturated rings. The summed E-state index contributed by atoms with van der Waals surface area (Å²) in [4.78, 5) is 12.4. The number of ether oxygens (including phenoxy) is 1. The van der Waals surface area contributed by atoms with E-state index in [4.69, 9.17) is 4.74 Å². The van der Waals surface area contributed by atoms with Gasteiger partial charge in [0.15, 0.2) is 0 Å². The van der Waals surface area contributed by atoms with Crippen molar-refractivity contribution in [1.29, 1.82) is 0 Å².